The van der Waals surface area contributed by atoms with E-state index < -0.39 is 5.97 Å². The lowest BCUT2D eigenvalue weighted by Gasteiger charge is -2.31. The Morgan fingerprint density at radius 2 is 1.86 bits per heavy atom. The molecule has 0 heterocycles. The fourth-order valence-electron chi connectivity index (χ4n) is 3.18. The SMILES string of the molecule is Cc1cccc(C(=O)N(CCC(=O)O)C2CCCCCC2)c1. The highest BCUT2D eigenvalue weighted by Gasteiger charge is 2.26. The summed E-state index contributed by atoms with van der Waals surface area (Å²) in [6.45, 7) is 2.26. The molecule has 1 aromatic rings. The molecule has 1 amide bonds. The molecule has 120 valence electrons. The summed E-state index contributed by atoms with van der Waals surface area (Å²) in [5.74, 6) is -0.882. The molecule has 1 aliphatic rings. The standard InChI is InChI=1S/C18H25NO3/c1-14-7-6-8-15(13-14)18(22)19(12-11-17(20)21)16-9-4-2-3-5-10-16/h6-8,13,16H,2-5,9-12H2,1H3,(H,20,21). The molecule has 1 aliphatic carbocycles. The van der Waals surface area contributed by atoms with Crippen LogP contribution in [0.2, 0.25) is 0 Å². The van der Waals surface area contributed by atoms with Crippen LogP contribution >= 0.6 is 0 Å². The number of amides is 1. The van der Waals surface area contributed by atoms with Gasteiger partial charge in [0.2, 0.25) is 0 Å². The molecular weight excluding hydrogens is 278 g/mol. The molecule has 0 atom stereocenters. The van der Waals surface area contributed by atoms with Crippen LogP contribution in [0.25, 0.3) is 0 Å². The smallest absolute Gasteiger partial charge is 0.305 e. The summed E-state index contributed by atoms with van der Waals surface area (Å²) in [7, 11) is 0. The molecule has 1 saturated carbocycles. The lowest BCUT2D eigenvalue weighted by Crippen LogP contribution is -2.41. The fraction of sp³-hybridized carbons (Fsp3) is 0.556. The van der Waals surface area contributed by atoms with Crippen molar-refractivity contribution in [2.24, 2.45) is 0 Å². The topological polar surface area (TPSA) is 57.6 Å². The number of carboxylic acids is 1. The molecule has 2 rings (SSSR count). The van der Waals surface area contributed by atoms with Crippen molar-refractivity contribution in [3.8, 4) is 0 Å². The van der Waals surface area contributed by atoms with E-state index in [2.05, 4.69) is 0 Å². The number of carboxylic acid groups (broad SMARTS) is 1. The summed E-state index contributed by atoms with van der Waals surface area (Å²) >= 11 is 0. The minimum absolute atomic E-state index is 0.00799. The molecule has 0 radical (unpaired) electrons. The van der Waals surface area contributed by atoms with Crippen molar-refractivity contribution in [1.82, 2.24) is 4.90 Å². The van der Waals surface area contributed by atoms with Crippen LogP contribution in [0.5, 0.6) is 0 Å². The minimum Gasteiger partial charge on any atom is -0.481 e. The van der Waals surface area contributed by atoms with Crippen molar-refractivity contribution in [2.45, 2.75) is 57.9 Å². The normalized spacial score (nSPS) is 16.0. The van der Waals surface area contributed by atoms with E-state index in [4.69, 9.17) is 5.11 Å². The lowest BCUT2D eigenvalue weighted by atomic mass is 10.0. The monoisotopic (exact) mass is 303 g/mol. The van der Waals surface area contributed by atoms with E-state index in [1.54, 1.807) is 4.90 Å². The van der Waals surface area contributed by atoms with Crippen molar-refractivity contribution < 1.29 is 14.7 Å². The van der Waals surface area contributed by atoms with Crippen LogP contribution in [-0.4, -0.2) is 34.5 Å². The predicted octanol–water partition coefficient (Wildman–Crippen LogP) is 3.63. The molecule has 4 nitrogen and oxygen atoms in total. The van der Waals surface area contributed by atoms with Crippen LogP contribution in [0.4, 0.5) is 0 Å². The average Bonchev–Trinajstić information content (AvgIpc) is 2.76. The van der Waals surface area contributed by atoms with E-state index in [-0.39, 0.29) is 18.4 Å². The lowest BCUT2D eigenvalue weighted by molar-refractivity contribution is -0.137. The first-order valence-corrected chi connectivity index (χ1v) is 8.17. The fourth-order valence-corrected chi connectivity index (χ4v) is 3.18. The van der Waals surface area contributed by atoms with Crippen molar-refractivity contribution in [3.63, 3.8) is 0 Å². The molecule has 22 heavy (non-hydrogen) atoms. The van der Waals surface area contributed by atoms with E-state index in [0.717, 1.165) is 31.2 Å². The Kier molecular flexibility index (Phi) is 5.99. The van der Waals surface area contributed by atoms with E-state index in [0.29, 0.717) is 12.1 Å². The van der Waals surface area contributed by atoms with Crippen molar-refractivity contribution in [3.05, 3.63) is 35.4 Å². The maximum Gasteiger partial charge on any atom is 0.305 e. The molecule has 0 spiro atoms. The van der Waals surface area contributed by atoms with Gasteiger partial charge < -0.3 is 10.0 Å². The molecule has 0 saturated heterocycles. The number of aryl methyl sites for hydroxylation is 1. The van der Waals surface area contributed by atoms with Crippen LogP contribution in [0.1, 0.15) is 60.9 Å². The second kappa shape index (κ2) is 7.97. The first kappa shape index (κ1) is 16.5. The number of hydrogen-bond acceptors (Lipinski definition) is 2. The molecule has 0 aromatic heterocycles. The third-order valence-electron chi connectivity index (χ3n) is 4.36. The second-order valence-corrected chi connectivity index (χ2v) is 6.16. The van der Waals surface area contributed by atoms with Gasteiger partial charge >= 0.3 is 5.97 Å². The molecule has 0 aliphatic heterocycles. The van der Waals surface area contributed by atoms with Gasteiger partial charge in [0.25, 0.3) is 5.91 Å². The Hall–Kier alpha value is -1.84. The highest BCUT2D eigenvalue weighted by molar-refractivity contribution is 5.94. The highest BCUT2D eigenvalue weighted by Crippen LogP contribution is 2.24. The van der Waals surface area contributed by atoms with Gasteiger partial charge in [-0.05, 0) is 31.9 Å². The van der Waals surface area contributed by atoms with Gasteiger partial charge in [-0.15, -0.1) is 0 Å². The predicted molar refractivity (Wildman–Crippen MR) is 86.0 cm³/mol. The third kappa shape index (κ3) is 4.58. The van der Waals surface area contributed by atoms with Crippen molar-refractivity contribution in [2.75, 3.05) is 6.54 Å². The zero-order chi connectivity index (χ0) is 15.9. The summed E-state index contributed by atoms with van der Waals surface area (Å²) in [5, 5.41) is 8.97. The maximum atomic E-state index is 12.9. The Morgan fingerprint density at radius 1 is 1.18 bits per heavy atom. The van der Waals surface area contributed by atoms with Gasteiger partial charge in [-0.3, -0.25) is 9.59 Å². The van der Waals surface area contributed by atoms with Gasteiger partial charge in [0.15, 0.2) is 0 Å². The minimum atomic E-state index is -0.851. The zero-order valence-electron chi connectivity index (χ0n) is 13.3. The summed E-state index contributed by atoms with van der Waals surface area (Å²) in [5.41, 5.74) is 1.71. The van der Waals surface area contributed by atoms with Gasteiger partial charge in [-0.25, -0.2) is 0 Å². The van der Waals surface area contributed by atoms with Crippen molar-refractivity contribution >= 4 is 11.9 Å². The summed E-state index contributed by atoms with van der Waals surface area (Å²) in [4.78, 5) is 25.6. The number of aliphatic carboxylic acids is 1. The van der Waals surface area contributed by atoms with Gasteiger partial charge in [-0.2, -0.15) is 0 Å². The first-order valence-electron chi connectivity index (χ1n) is 8.17. The van der Waals surface area contributed by atoms with Gasteiger partial charge in [-0.1, -0.05) is 43.4 Å². The molecular formula is C18H25NO3. The van der Waals surface area contributed by atoms with Crippen LogP contribution in [-0.2, 0) is 4.79 Å². The van der Waals surface area contributed by atoms with E-state index in [9.17, 15) is 9.59 Å². The Labute approximate surface area is 132 Å². The zero-order valence-corrected chi connectivity index (χ0v) is 13.3. The van der Waals surface area contributed by atoms with Crippen molar-refractivity contribution in [1.29, 1.82) is 0 Å². The van der Waals surface area contributed by atoms with Crippen LogP contribution in [0.3, 0.4) is 0 Å². The molecule has 1 aromatic carbocycles. The van der Waals surface area contributed by atoms with E-state index in [1.165, 1.54) is 12.8 Å². The number of nitrogens with zero attached hydrogens (tertiary/aromatic N) is 1. The Balaban J connectivity index is 2.18. The van der Waals surface area contributed by atoms with Crippen LogP contribution in [0.15, 0.2) is 24.3 Å². The first-order chi connectivity index (χ1) is 10.6. The molecule has 4 heteroatoms. The quantitative estimate of drug-likeness (QED) is 0.845. The molecule has 1 N–H and O–H groups in total. The third-order valence-corrected chi connectivity index (χ3v) is 4.36. The van der Waals surface area contributed by atoms with Crippen LogP contribution in [0, 0.1) is 6.92 Å². The van der Waals surface area contributed by atoms with E-state index >= 15 is 0 Å². The Morgan fingerprint density at radius 3 is 2.45 bits per heavy atom. The number of benzene rings is 1. The average molecular weight is 303 g/mol. The van der Waals surface area contributed by atoms with Gasteiger partial charge in [0.1, 0.15) is 0 Å². The number of hydrogen-bond donors (Lipinski definition) is 1. The van der Waals surface area contributed by atoms with E-state index in [1.807, 2.05) is 31.2 Å². The Bertz CT molecular complexity index is 519. The summed E-state index contributed by atoms with van der Waals surface area (Å²) in [6.07, 6.45) is 6.64. The van der Waals surface area contributed by atoms with Crippen LogP contribution < -0.4 is 0 Å². The summed E-state index contributed by atoms with van der Waals surface area (Å²) in [6, 6.07) is 7.72. The molecule has 0 bridgehead atoms. The maximum absolute atomic E-state index is 12.9. The molecule has 0 unspecified atom stereocenters. The largest absolute Gasteiger partial charge is 0.481 e. The number of rotatable bonds is 5. The highest BCUT2D eigenvalue weighted by atomic mass is 16.4. The molecule has 1 fully saturated rings. The van der Waals surface area contributed by atoms with Gasteiger partial charge in [0.05, 0.1) is 6.42 Å². The number of carbonyl (C=O) groups is 2. The number of carbonyl (C=O) groups excluding carboxylic acids is 1. The summed E-state index contributed by atoms with van der Waals surface area (Å²) < 4.78 is 0. The second-order valence-electron chi connectivity index (χ2n) is 6.16. The van der Waals surface area contributed by atoms with Gasteiger partial charge in [0, 0.05) is 18.2 Å².